The second kappa shape index (κ2) is 5.27. The summed E-state index contributed by atoms with van der Waals surface area (Å²) in [5.74, 6) is -0.0447. The molecule has 0 amide bonds. The van der Waals surface area contributed by atoms with Crippen LogP contribution in [0.15, 0.2) is 33.9 Å². The zero-order chi connectivity index (χ0) is 14.0. The molecule has 0 spiro atoms. The number of hydrogen-bond acceptors (Lipinski definition) is 5. The molecule has 3 N–H and O–H groups in total. The topological polar surface area (TPSA) is 103 Å². The summed E-state index contributed by atoms with van der Waals surface area (Å²) in [6.07, 6.45) is 3.17. The minimum absolute atomic E-state index is 0.0447. The van der Waals surface area contributed by atoms with Crippen LogP contribution in [0.3, 0.4) is 0 Å². The zero-order valence-electron chi connectivity index (χ0n) is 10.0. The van der Waals surface area contributed by atoms with Gasteiger partial charge in [-0.25, -0.2) is 18.1 Å². The third-order valence-electron chi connectivity index (χ3n) is 2.35. The van der Waals surface area contributed by atoms with Crippen LogP contribution in [0.1, 0.15) is 5.69 Å². The first-order valence-electron chi connectivity index (χ1n) is 5.28. The highest BCUT2D eigenvalue weighted by atomic mass is 79.9. The molecule has 2 heterocycles. The van der Waals surface area contributed by atoms with Crippen molar-refractivity contribution in [2.75, 3.05) is 5.73 Å². The van der Waals surface area contributed by atoms with E-state index in [1.54, 1.807) is 24.0 Å². The fraction of sp³-hybridized carbons (Fsp3) is 0.200. The number of aromatic nitrogens is 3. The van der Waals surface area contributed by atoms with Gasteiger partial charge in [-0.05, 0) is 28.1 Å². The van der Waals surface area contributed by atoms with E-state index in [9.17, 15) is 8.42 Å². The van der Waals surface area contributed by atoms with E-state index in [4.69, 9.17) is 5.73 Å². The Morgan fingerprint density at radius 2 is 2.26 bits per heavy atom. The first-order chi connectivity index (χ1) is 8.88. The Morgan fingerprint density at radius 3 is 2.89 bits per heavy atom. The van der Waals surface area contributed by atoms with E-state index < -0.39 is 10.0 Å². The van der Waals surface area contributed by atoms with Crippen LogP contribution in [-0.4, -0.2) is 23.2 Å². The lowest BCUT2D eigenvalue weighted by atomic mass is 10.4. The van der Waals surface area contributed by atoms with Crippen LogP contribution < -0.4 is 10.5 Å². The summed E-state index contributed by atoms with van der Waals surface area (Å²) in [6, 6.07) is 3.13. The van der Waals surface area contributed by atoms with Gasteiger partial charge in [-0.15, -0.1) is 0 Å². The molecule has 0 fully saturated rings. The van der Waals surface area contributed by atoms with Gasteiger partial charge < -0.3 is 5.73 Å². The van der Waals surface area contributed by atoms with Crippen molar-refractivity contribution in [2.45, 2.75) is 11.4 Å². The Morgan fingerprint density at radius 1 is 1.53 bits per heavy atom. The maximum atomic E-state index is 12.1. The number of halogens is 1. The molecule has 2 rings (SSSR count). The van der Waals surface area contributed by atoms with E-state index >= 15 is 0 Å². The van der Waals surface area contributed by atoms with Gasteiger partial charge in [0.25, 0.3) is 0 Å². The Balaban J connectivity index is 2.20. The van der Waals surface area contributed by atoms with E-state index in [-0.39, 0.29) is 17.3 Å². The van der Waals surface area contributed by atoms with Crippen molar-refractivity contribution in [3.8, 4) is 0 Å². The highest BCUT2D eigenvalue weighted by Crippen LogP contribution is 2.20. The van der Waals surface area contributed by atoms with Crippen LogP contribution >= 0.6 is 15.9 Å². The Labute approximate surface area is 119 Å². The van der Waals surface area contributed by atoms with Crippen LogP contribution in [0.4, 0.5) is 5.82 Å². The van der Waals surface area contributed by atoms with Crippen LogP contribution in [0, 0.1) is 0 Å². The van der Waals surface area contributed by atoms with Crippen molar-refractivity contribution in [3.63, 3.8) is 0 Å². The smallest absolute Gasteiger partial charge is 0.244 e. The number of nitrogens with zero attached hydrogens (tertiary/aromatic N) is 3. The number of hydrogen-bond donors (Lipinski definition) is 2. The molecule has 102 valence electrons. The molecule has 0 radical (unpaired) electrons. The summed E-state index contributed by atoms with van der Waals surface area (Å²) >= 11 is 3.16. The fourth-order valence-electron chi connectivity index (χ4n) is 1.45. The summed E-state index contributed by atoms with van der Waals surface area (Å²) in [7, 11) is -1.96. The number of pyridine rings is 1. The predicted octanol–water partition coefficient (Wildman–Crippen LogP) is 0.638. The molecule has 7 nitrogen and oxygen atoms in total. The van der Waals surface area contributed by atoms with E-state index in [0.29, 0.717) is 10.2 Å². The Hall–Kier alpha value is -1.45. The summed E-state index contributed by atoms with van der Waals surface area (Å²) in [5.41, 5.74) is 6.20. The average molecular weight is 346 g/mol. The van der Waals surface area contributed by atoms with Crippen LogP contribution in [0.5, 0.6) is 0 Å². The molecule has 2 aromatic heterocycles. The van der Waals surface area contributed by atoms with E-state index in [2.05, 4.69) is 30.7 Å². The largest absolute Gasteiger partial charge is 0.383 e. The normalized spacial score (nSPS) is 11.7. The summed E-state index contributed by atoms with van der Waals surface area (Å²) in [4.78, 5) is 3.74. The number of nitrogens with one attached hydrogen (secondary N) is 1. The van der Waals surface area contributed by atoms with Gasteiger partial charge >= 0.3 is 0 Å². The average Bonchev–Trinajstić information content (AvgIpc) is 2.76. The van der Waals surface area contributed by atoms with Gasteiger partial charge in [0.2, 0.25) is 10.0 Å². The summed E-state index contributed by atoms with van der Waals surface area (Å²) < 4.78 is 28.8. The Bertz CT molecular complexity index is 698. The van der Waals surface area contributed by atoms with Crippen LogP contribution in [0.25, 0.3) is 0 Å². The first-order valence-corrected chi connectivity index (χ1v) is 7.55. The lowest BCUT2D eigenvalue weighted by molar-refractivity contribution is 0.579. The summed E-state index contributed by atoms with van der Waals surface area (Å²) in [6.45, 7) is 0.0924. The number of nitrogens with two attached hydrogens (primary N) is 1. The maximum Gasteiger partial charge on any atom is 0.244 e. The van der Waals surface area contributed by atoms with Gasteiger partial charge in [0, 0.05) is 23.9 Å². The molecule has 0 aromatic carbocycles. The quantitative estimate of drug-likeness (QED) is 0.846. The van der Waals surface area contributed by atoms with E-state index in [1.807, 2.05) is 0 Å². The molecule has 2 aromatic rings. The standard InChI is InChI=1S/C10H12BrN5O2S/c1-16-3-2-8(15-16)6-14-19(17,18)9-4-7(11)5-13-10(9)12/h2-5,14H,6H2,1H3,(H2,12,13). The van der Waals surface area contributed by atoms with Gasteiger partial charge in [0.15, 0.2) is 0 Å². The van der Waals surface area contributed by atoms with Crippen molar-refractivity contribution >= 4 is 31.8 Å². The van der Waals surface area contributed by atoms with Crippen molar-refractivity contribution in [1.82, 2.24) is 19.5 Å². The van der Waals surface area contributed by atoms with Crippen molar-refractivity contribution < 1.29 is 8.42 Å². The molecule has 0 saturated heterocycles. The number of aryl methyl sites for hydroxylation is 1. The molecular formula is C10H12BrN5O2S. The van der Waals surface area contributed by atoms with Gasteiger partial charge in [0.1, 0.15) is 10.7 Å². The Kier molecular flexibility index (Phi) is 3.88. The predicted molar refractivity (Wildman–Crippen MR) is 73.6 cm³/mol. The number of rotatable bonds is 4. The summed E-state index contributed by atoms with van der Waals surface area (Å²) in [5, 5.41) is 4.08. The highest BCUT2D eigenvalue weighted by molar-refractivity contribution is 9.10. The molecule has 0 aliphatic rings. The lowest BCUT2D eigenvalue weighted by Crippen LogP contribution is -2.24. The van der Waals surface area contributed by atoms with E-state index in [1.165, 1.54) is 12.3 Å². The number of anilines is 1. The van der Waals surface area contributed by atoms with Gasteiger partial charge in [0.05, 0.1) is 12.2 Å². The second-order valence-electron chi connectivity index (χ2n) is 3.84. The van der Waals surface area contributed by atoms with Crippen LogP contribution in [-0.2, 0) is 23.6 Å². The number of nitrogen functional groups attached to an aromatic ring is 1. The highest BCUT2D eigenvalue weighted by Gasteiger charge is 2.19. The number of sulfonamides is 1. The molecule has 0 aliphatic heterocycles. The van der Waals surface area contributed by atoms with Gasteiger partial charge in [-0.2, -0.15) is 5.10 Å². The molecule has 0 atom stereocenters. The third-order valence-corrected chi connectivity index (χ3v) is 4.21. The molecular weight excluding hydrogens is 334 g/mol. The fourth-order valence-corrected chi connectivity index (χ4v) is 3.04. The molecule has 9 heteroatoms. The molecule has 0 saturated carbocycles. The van der Waals surface area contributed by atoms with Crippen molar-refractivity contribution in [3.05, 3.63) is 34.7 Å². The van der Waals surface area contributed by atoms with Gasteiger partial charge in [-0.3, -0.25) is 4.68 Å². The lowest BCUT2D eigenvalue weighted by Gasteiger charge is -2.07. The SMILES string of the molecule is Cn1ccc(CNS(=O)(=O)c2cc(Br)cnc2N)n1. The molecule has 0 aliphatic carbocycles. The third kappa shape index (κ3) is 3.31. The molecule has 0 unspecified atom stereocenters. The maximum absolute atomic E-state index is 12.1. The van der Waals surface area contributed by atoms with Gasteiger partial charge in [-0.1, -0.05) is 0 Å². The van der Waals surface area contributed by atoms with Crippen molar-refractivity contribution in [1.29, 1.82) is 0 Å². The molecule has 0 bridgehead atoms. The minimum Gasteiger partial charge on any atom is -0.383 e. The monoisotopic (exact) mass is 345 g/mol. The zero-order valence-corrected chi connectivity index (χ0v) is 12.4. The molecule has 19 heavy (non-hydrogen) atoms. The van der Waals surface area contributed by atoms with Crippen molar-refractivity contribution in [2.24, 2.45) is 7.05 Å². The van der Waals surface area contributed by atoms with Crippen LogP contribution in [0.2, 0.25) is 0 Å². The van der Waals surface area contributed by atoms with E-state index in [0.717, 1.165) is 0 Å². The second-order valence-corrected chi connectivity index (χ2v) is 6.49. The first kappa shape index (κ1) is 14.0. The minimum atomic E-state index is -3.72.